The van der Waals surface area contributed by atoms with Crippen LogP contribution in [0.3, 0.4) is 0 Å². The van der Waals surface area contributed by atoms with E-state index in [1.54, 1.807) is 7.11 Å². The van der Waals surface area contributed by atoms with Crippen LogP contribution in [0.2, 0.25) is 0 Å². The Bertz CT molecular complexity index is 394. The first-order chi connectivity index (χ1) is 8.74. The van der Waals surface area contributed by atoms with Crippen molar-refractivity contribution in [2.75, 3.05) is 20.8 Å². The number of methoxy groups -OCH3 is 2. The fourth-order valence-corrected chi connectivity index (χ4v) is 2.36. The molecule has 1 heterocycles. The van der Waals surface area contributed by atoms with Gasteiger partial charge in [0.2, 0.25) is 0 Å². The lowest BCUT2D eigenvalue weighted by molar-refractivity contribution is -0.143. The average molecular weight is 249 g/mol. The molecule has 0 unspecified atom stereocenters. The minimum Gasteiger partial charge on any atom is -0.497 e. The van der Waals surface area contributed by atoms with E-state index in [0.29, 0.717) is 5.92 Å². The van der Waals surface area contributed by atoms with Gasteiger partial charge in [0.25, 0.3) is 0 Å². The second-order valence-corrected chi connectivity index (χ2v) is 4.53. The molecule has 0 saturated carbocycles. The molecule has 0 aliphatic carbocycles. The van der Waals surface area contributed by atoms with Crippen LogP contribution in [0.4, 0.5) is 0 Å². The zero-order valence-electron chi connectivity index (χ0n) is 10.8. The number of carbonyl (C=O) groups is 1. The van der Waals surface area contributed by atoms with Crippen LogP contribution < -0.4 is 10.1 Å². The largest absolute Gasteiger partial charge is 0.497 e. The molecule has 98 valence electrons. The van der Waals surface area contributed by atoms with E-state index in [9.17, 15) is 4.79 Å². The highest BCUT2D eigenvalue weighted by atomic mass is 16.5. The summed E-state index contributed by atoms with van der Waals surface area (Å²) in [6, 6.07) is 7.97. The summed E-state index contributed by atoms with van der Waals surface area (Å²) >= 11 is 0. The van der Waals surface area contributed by atoms with Crippen molar-refractivity contribution in [3.8, 4) is 5.75 Å². The van der Waals surface area contributed by atoms with Gasteiger partial charge in [-0.15, -0.1) is 0 Å². The molecule has 18 heavy (non-hydrogen) atoms. The van der Waals surface area contributed by atoms with Crippen LogP contribution in [0.1, 0.15) is 24.3 Å². The highest BCUT2D eigenvalue weighted by molar-refractivity contribution is 5.75. The molecule has 0 amide bonds. The number of piperidine rings is 1. The van der Waals surface area contributed by atoms with Crippen molar-refractivity contribution in [2.45, 2.75) is 24.8 Å². The van der Waals surface area contributed by atoms with E-state index in [1.165, 1.54) is 12.7 Å². The molecular formula is C14H19NO3. The summed E-state index contributed by atoms with van der Waals surface area (Å²) in [5.41, 5.74) is 1.28. The smallest absolute Gasteiger partial charge is 0.322 e. The van der Waals surface area contributed by atoms with Gasteiger partial charge < -0.3 is 14.8 Å². The molecule has 1 aliphatic rings. The van der Waals surface area contributed by atoms with E-state index in [-0.39, 0.29) is 12.0 Å². The standard InChI is InChI=1S/C14H19NO3/c1-17-12-6-3-10(4-7-12)11-5-8-13(15-9-11)14(16)18-2/h3-4,6-7,11,13,15H,5,8-9H2,1-2H3/t11-,13-/m0/s1. The zero-order chi connectivity index (χ0) is 13.0. The lowest BCUT2D eigenvalue weighted by Crippen LogP contribution is -2.43. The molecule has 4 heteroatoms. The predicted molar refractivity (Wildman–Crippen MR) is 68.8 cm³/mol. The topological polar surface area (TPSA) is 47.6 Å². The van der Waals surface area contributed by atoms with Gasteiger partial charge >= 0.3 is 5.97 Å². The quantitative estimate of drug-likeness (QED) is 0.828. The van der Waals surface area contributed by atoms with Crippen LogP contribution >= 0.6 is 0 Å². The van der Waals surface area contributed by atoms with Crippen LogP contribution in [0.25, 0.3) is 0 Å². The molecule has 1 saturated heterocycles. The van der Waals surface area contributed by atoms with Crippen LogP contribution in [-0.4, -0.2) is 32.8 Å². The van der Waals surface area contributed by atoms with E-state index < -0.39 is 0 Å². The SMILES string of the molecule is COC(=O)[C@@H]1CC[C@H](c2ccc(OC)cc2)CN1. The molecule has 1 aromatic rings. The van der Waals surface area contributed by atoms with Crippen molar-refractivity contribution in [1.29, 1.82) is 0 Å². The predicted octanol–water partition coefficient (Wildman–Crippen LogP) is 1.70. The van der Waals surface area contributed by atoms with Crippen LogP contribution in [-0.2, 0) is 9.53 Å². The Morgan fingerprint density at radius 2 is 1.94 bits per heavy atom. The molecule has 1 N–H and O–H groups in total. The maximum Gasteiger partial charge on any atom is 0.322 e. The van der Waals surface area contributed by atoms with Gasteiger partial charge in [-0.2, -0.15) is 0 Å². The fraction of sp³-hybridized carbons (Fsp3) is 0.500. The third-order valence-corrected chi connectivity index (χ3v) is 3.49. The molecule has 0 spiro atoms. The highest BCUT2D eigenvalue weighted by Gasteiger charge is 2.26. The maximum absolute atomic E-state index is 11.4. The number of esters is 1. The summed E-state index contributed by atoms with van der Waals surface area (Å²) < 4.78 is 9.89. The Labute approximate surface area is 107 Å². The highest BCUT2D eigenvalue weighted by Crippen LogP contribution is 2.26. The van der Waals surface area contributed by atoms with E-state index in [2.05, 4.69) is 17.4 Å². The first-order valence-electron chi connectivity index (χ1n) is 6.19. The molecule has 2 rings (SSSR count). The van der Waals surface area contributed by atoms with Gasteiger partial charge in [-0.25, -0.2) is 0 Å². The van der Waals surface area contributed by atoms with Crippen LogP contribution in [0.5, 0.6) is 5.75 Å². The van der Waals surface area contributed by atoms with E-state index in [4.69, 9.17) is 9.47 Å². The van der Waals surface area contributed by atoms with Gasteiger partial charge in [-0.1, -0.05) is 12.1 Å². The number of hydrogen-bond acceptors (Lipinski definition) is 4. The Morgan fingerprint density at radius 3 is 2.44 bits per heavy atom. The van der Waals surface area contributed by atoms with Crippen molar-refractivity contribution in [2.24, 2.45) is 0 Å². The minimum atomic E-state index is -0.164. The van der Waals surface area contributed by atoms with Crippen LogP contribution in [0, 0.1) is 0 Å². The van der Waals surface area contributed by atoms with E-state index in [0.717, 1.165) is 25.1 Å². The lowest BCUT2D eigenvalue weighted by atomic mass is 9.89. The third kappa shape index (κ3) is 2.82. The summed E-state index contributed by atoms with van der Waals surface area (Å²) in [6.45, 7) is 0.812. The average Bonchev–Trinajstić information content (AvgIpc) is 2.47. The third-order valence-electron chi connectivity index (χ3n) is 3.49. The molecule has 4 nitrogen and oxygen atoms in total. The number of benzene rings is 1. The van der Waals surface area contributed by atoms with E-state index >= 15 is 0 Å². The van der Waals surface area contributed by atoms with Gasteiger partial charge in [0, 0.05) is 6.54 Å². The summed E-state index contributed by atoms with van der Waals surface area (Å²) in [5, 5.41) is 3.24. The molecular weight excluding hydrogens is 230 g/mol. The lowest BCUT2D eigenvalue weighted by Gasteiger charge is -2.28. The molecule has 1 fully saturated rings. The van der Waals surface area contributed by atoms with Crippen molar-refractivity contribution in [1.82, 2.24) is 5.32 Å². The Balaban J connectivity index is 1.94. The van der Waals surface area contributed by atoms with Crippen molar-refractivity contribution in [3.63, 3.8) is 0 Å². The fourth-order valence-electron chi connectivity index (χ4n) is 2.36. The van der Waals surface area contributed by atoms with Gasteiger partial charge in [0.05, 0.1) is 14.2 Å². The number of hydrogen-bond donors (Lipinski definition) is 1. The summed E-state index contributed by atoms with van der Waals surface area (Å²) in [5.74, 6) is 1.16. The monoisotopic (exact) mass is 249 g/mol. The van der Waals surface area contributed by atoms with Gasteiger partial charge in [0.1, 0.15) is 11.8 Å². The van der Waals surface area contributed by atoms with Gasteiger partial charge in [-0.05, 0) is 36.5 Å². The number of nitrogens with one attached hydrogen (secondary N) is 1. The van der Waals surface area contributed by atoms with Crippen molar-refractivity contribution >= 4 is 5.97 Å². The minimum absolute atomic E-state index is 0.149. The van der Waals surface area contributed by atoms with Crippen molar-refractivity contribution in [3.05, 3.63) is 29.8 Å². The summed E-state index contributed by atoms with van der Waals surface area (Å²) in [4.78, 5) is 11.4. The van der Waals surface area contributed by atoms with Crippen LogP contribution in [0.15, 0.2) is 24.3 Å². The number of carbonyl (C=O) groups excluding carboxylic acids is 1. The van der Waals surface area contributed by atoms with Gasteiger partial charge in [-0.3, -0.25) is 4.79 Å². The second kappa shape index (κ2) is 5.87. The summed E-state index contributed by atoms with van der Waals surface area (Å²) in [6.07, 6.45) is 1.82. The maximum atomic E-state index is 11.4. The normalized spacial score (nSPS) is 23.4. The Kier molecular flexibility index (Phi) is 4.20. The number of ether oxygens (including phenoxy) is 2. The molecule has 1 aliphatic heterocycles. The molecule has 2 atom stereocenters. The number of rotatable bonds is 3. The second-order valence-electron chi connectivity index (χ2n) is 4.53. The zero-order valence-corrected chi connectivity index (χ0v) is 10.8. The molecule has 1 aromatic carbocycles. The molecule has 0 radical (unpaired) electrons. The Morgan fingerprint density at radius 1 is 1.22 bits per heavy atom. The van der Waals surface area contributed by atoms with E-state index in [1.807, 2.05) is 12.1 Å². The van der Waals surface area contributed by atoms with Crippen molar-refractivity contribution < 1.29 is 14.3 Å². The molecule has 0 bridgehead atoms. The first-order valence-corrected chi connectivity index (χ1v) is 6.19. The molecule has 0 aromatic heterocycles. The first kappa shape index (κ1) is 12.9. The van der Waals surface area contributed by atoms with Gasteiger partial charge in [0.15, 0.2) is 0 Å². The Hall–Kier alpha value is -1.55. The summed E-state index contributed by atoms with van der Waals surface area (Å²) in [7, 11) is 3.09.